The summed E-state index contributed by atoms with van der Waals surface area (Å²) < 4.78 is 38.9. The minimum atomic E-state index is -3.91. The van der Waals surface area contributed by atoms with Gasteiger partial charge in [0.05, 0.1) is 18.5 Å². The molecule has 26 heavy (non-hydrogen) atoms. The van der Waals surface area contributed by atoms with Crippen LogP contribution in [0.2, 0.25) is 5.02 Å². The number of nitrogens with one attached hydrogen (secondary N) is 1. The van der Waals surface area contributed by atoms with E-state index in [9.17, 15) is 8.42 Å². The number of rotatable bonds is 5. The molecule has 0 atom stereocenters. The first-order valence-corrected chi connectivity index (χ1v) is 9.57. The highest BCUT2D eigenvalue weighted by Gasteiger charge is 2.22. The van der Waals surface area contributed by atoms with Gasteiger partial charge in [0.2, 0.25) is 0 Å². The minimum absolute atomic E-state index is 0.00840. The Labute approximate surface area is 156 Å². The molecule has 0 amide bonds. The Morgan fingerprint density at radius 2 is 1.92 bits per heavy atom. The molecule has 1 aromatic heterocycles. The molecule has 0 radical (unpaired) electrons. The molecular formula is C18H17ClN2O4S. The van der Waals surface area contributed by atoms with Gasteiger partial charge in [0, 0.05) is 16.7 Å². The van der Waals surface area contributed by atoms with E-state index in [1.54, 1.807) is 50.2 Å². The number of hydrogen-bond donors (Lipinski definition) is 1. The van der Waals surface area contributed by atoms with Gasteiger partial charge in [-0.1, -0.05) is 22.8 Å². The van der Waals surface area contributed by atoms with Crippen LogP contribution in [0.4, 0.5) is 5.69 Å². The first-order chi connectivity index (χ1) is 12.3. The standard InChI is InChI=1S/C18H17ClN2O4S/c1-11-9-17(25-20-11)13-7-8-16(24-3)18(10-13)26(22,23)21-15-6-4-5-14(19)12(15)2/h4-10,21H,1-3H3. The summed E-state index contributed by atoms with van der Waals surface area (Å²) in [6.45, 7) is 3.53. The van der Waals surface area contributed by atoms with Gasteiger partial charge in [-0.3, -0.25) is 4.72 Å². The van der Waals surface area contributed by atoms with Crippen molar-refractivity contribution in [3.05, 3.63) is 58.7 Å². The Morgan fingerprint density at radius 1 is 1.15 bits per heavy atom. The van der Waals surface area contributed by atoms with Crippen molar-refractivity contribution in [2.75, 3.05) is 11.8 Å². The van der Waals surface area contributed by atoms with Gasteiger partial charge >= 0.3 is 0 Å². The first-order valence-electron chi connectivity index (χ1n) is 7.71. The molecular weight excluding hydrogens is 376 g/mol. The van der Waals surface area contributed by atoms with Gasteiger partial charge in [-0.25, -0.2) is 8.42 Å². The number of ether oxygens (including phenoxy) is 1. The van der Waals surface area contributed by atoms with Crippen molar-refractivity contribution in [2.45, 2.75) is 18.7 Å². The van der Waals surface area contributed by atoms with E-state index in [0.717, 1.165) is 0 Å². The summed E-state index contributed by atoms with van der Waals surface area (Å²) in [5.41, 5.74) is 2.32. The number of methoxy groups -OCH3 is 1. The summed E-state index contributed by atoms with van der Waals surface area (Å²) in [6.07, 6.45) is 0. The molecule has 0 spiro atoms. The van der Waals surface area contributed by atoms with E-state index in [-0.39, 0.29) is 10.6 Å². The van der Waals surface area contributed by atoms with E-state index in [0.29, 0.717) is 33.3 Å². The zero-order valence-corrected chi connectivity index (χ0v) is 16.0. The lowest BCUT2D eigenvalue weighted by molar-refractivity contribution is 0.402. The molecule has 0 aliphatic heterocycles. The number of anilines is 1. The Bertz CT molecular complexity index is 1060. The average Bonchev–Trinajstić information content (AvgIpc) is 3.04. The van der Waals surface area contributed by atoms with Crippen LogP contribution < -0.4 is 9.46 Å². The van der Waals surface area contributed by atoms with Crippen LogP contribution in [0.25, 0.3) is 11.3 Å². The van der Waals surface area contributed by atoms with Gasteiger partial charge in [-0.05, 0) is 49.7 Å². The van der Waals surface area contributed by atoms with Crippen LogP contribution in [0.5, 0.6) is 5.75 Å². The molecule has 136 valence electrons. The van der Waals surface area contributed by atoms with Crippen molar-refractivity contribution in [3.8, 4) is 17.1 Å². The summed E-state index contributed by atoms with van der Waals surface area (Å²) in [6, 6.07) is 11.5. The van der Waals surface area contributed by atoms with Crippen LogP contribution in [0.15, 0.2) is 51.9 Å². The lowest BCUT2D eigenvalue weighted by Gasteiger charge is -2.14. The van der Waals surface area contributed by atoms with Crippen molar-refractivity contribution in [1.29, 1.82) is 0 Å². The fraction of sp³-hybridized carbons (Fsp3) is 0.167. The summed E-state index contributed by atoms with van der Waals surface area (Å²) in [5, 5.41) is 4.31. The first kappa shape index (κ1) is 18.3. The Morgan fingerprint density at radius 3 is 2.58 bits per heavy atom. The van der Waals surface area contributed by atoms with Crippen LogP contribution >= 0.6 is 11.6 Å². The Balaban J connectivity index is 2.07. The third kappa shape index (κ3) is 3.54. The molecule has 3 aromatic rings. The quantitative estimate of drug-likeness (QED) is 0.695. The highest BCUT2D eigenvalue weighted by Crippen LogP contribution is 2.32. The van der Waals surface area contributed by atoms with E-state index in [2.05, 4.69) is 9.88 Å². The van der Waals surface area contributed by atoms with Gasteiger partial charge in [0.15, 0.2) is 5.76 Å². The van der Waals surface area contributed by atoms with Crippen LogP contribution in [-0.4, -0.2) is 20.7 Å². The number of aromatic nitrogens is 1. The van der Waals surface area contributed by atoms with Crippen molar-refractivity contribution in [1.82, 2.24) is 5.16 Å². The highest BCUT2D eigenvalue weighted by atomic mass is 35.5. The van der Waals surface area contributed by atoms with Crippen LogP contribution in [-0.2, 0) is 10.0 Å². The minimum Gasteiger partial charge on any atom is -0.495 e. The maximum absolute atomic E-state index is 13.0. The molecule has 0 aliphatic rings. The largest absolute Gasteiger partial charge is 0.495 e. The predicted octanol–water partition coefficient (Wildman–Crippen LogP) is 4.42. The van der Waals surface area contributed by atoms with Gasteiger partial charge in [-0.15, -0.1) is 0 Å². The van der Waals surface area contributed by atoms with Crippen LogP contribution in [0.3, 0.4) is 0 Å². The summed E-state index contributed by atoms with van der Waals surface area (Å²) >= 11 is 6.08. The van der Waals surface area contributed by atoms with E-state index in [1.165, 1.54) is 13.2 Å². The van der Waals surface area contributed by atoms with E-state index < -0.39 is 10.0 Å². The molecule has 1 heterocycles. The van der Waals surface area contributed by atoms with Crippen molar-refractivity contribution >= 4 is 27.3 Å². The number of hydrogen-bond acceptors (Lipinski definition) is 5. The molecule has 0 fully saturated rings. The normalized spacial score (nSPS) is 11.4. The predicted molar refractivity (Wildman–Crippen MR) is 100 cm³/mol. The Hall–Kier alpha value is -2.51. The monoisotopic (exact) mass is 392 g/mol. The molecule has 6 nitrogen and oxygen atoms in total. The summed E-state index contributed by atoms with van der Waals surface area (Å²) in [5.74, 6) is 0.692. The Kier molecular flexibility index (Phi) is 4.93. The second-order valence-corrected chi connectivity index (χ2v) is 7.77. The second-order valence-electron chi connectivity index (χ2n) is 5.72. The molecule has 2 aromatic carbocycles. The molecule has 0 unspecified atom stereocenters. The zero-order valence-electron chi connectivity index (χ0n) is 14.4. The van der Waals surface area contributed by atoms with Crippen molar-refractivity contribution in [3.63, 3.8) is 0 Å². The van der Waals surface area contributed by atoms with Gasteiger partial charge < -0.3 is 9.26 Å². The average molecular weight is 393 g/mol. The van der Waals surface area contributed by atoms with E-state index >= 15 is 0 Å². The number of benzene rings is 2. The fourth-order valence-electron chi connectivity index (χ4n) is 2.46. The van der Waals surface area contributed by atoms with E-state index in [4.69, 9.17) is 20.9 Å². The smallest absolute Gasteiger partial charge is 0.265 e. The molecule has 8 heteroatoms. The third-order valence-corrected chi connectivity index (χ3v) is 5.67. The lowest BCUT2D eigenvalue weighted by atomic mass is 10.1. The summed E-state index contributed by atoms with van der Waals surface area (Å²) in [4.78, 5) is -0.00840. The maximum Gasteiger partial charge on any atom is 0.265 e. The molecule has 0 bridgehead atoms. The molecule has 0 saturated heterocycles. The molecule has 0 saturated carbocycles. The fourth-order valence-corrected chi connectivity index (χ4v) is 3.95. The van der Waals surface area contributed by atoms with Crippen LogP contribution in [0.1, 0.15) is 11.3 Å². The molecule has 1 N–H and O–H groups in total. The SMILES string of the molecule is COc1ccc(-c2cc(C)no2)cc1S(=O)(=O)Nc1cccc(Cl)c1C. The van der Waals surface area contributed by atoms with Gasteiger partial charge in [0.1, 0.15) is 10.6 Å². The number of aryl methyl sites for hydroxylation is 1. The molecule has 3 rings (SSSR count). The molecule has 0 aliphatic carbocycles. The highest BCUT2D eigenvalue weighted by molar-refractivity contribution is 7.92. The third-order valence-electron chi connectivity index (χ3n) is 3.88. The number of nitrogens with zero attached hydrogens (tertiary/aromatic N) is 1. The maximum atomic E-state index is 13.0. The van der Waals surface area contributed by atoms with Gasteiger partial charge in [0.25, 0.3) is 10.0 Å². The summed E-state index contributed by atoms with van der Waals surface area (Å²) in [7, 11) is -2.50. The van der Waals surface area contributed by atoms with Crippen LogP contribution in [0, 0.1) is 13.8 Å². The lowest BCUT2D eigenvalue weighted by Crippen LogP contribution is -2.15. The number of sulfonamides is 1. The van der Waals surface area contributed by atoms with Crippen molar-refractivity contribution < 1.29 is 17.7 Å². The number of halogens is 1. The van der Waals surface area contributed by atoms with E-state index in [1.807, 2.05) is 0 Å². The topological polar surface area (TPSA) is 81.4 Å². The second kappa shape index (κ2) is 7.01. The van der Waals surface area contributed by atoms with Gasteiger partial charge in [-0.2, -0.15) is 0 Å². The van der Waals surface area contributed by atoms with Crippen molar-refractivity contribution in [2.24, 2.45) is 0 Å². The zero-order chi connectivity index (χ0) is 18.9.